The Morgan fingerprint density at radius 1 is 1.09 bits per heavy atom. The van der Waals surface area contributed by atoms with Crippen LogP contribution in [0.15, 0.2) is 87.6 Å². The summed E-state index contributed by atoms with van der Waals surface area (Å²) in [7, 11) is 3.14. The molecule has 1 amide bonds. The van der Waals surface area contributed by atoms with Crippen molar-refractivity contribution in [2.45, 2.75) is 26.8 Å². The van der Waals surface area contributed by atoms with Crippen molar-refractivity contribution in [3.8, 4) is 5.75 Å². The minimum Gasteiger partial charge on any atom is -0.505 e. The lowest BCUT2D eigenvalue weighted by molar-refractivity contribution is 0.0942. The molecule has 0 spiro atoms. The van der Waals surface area contributed by atoms with Gasteiger partial charge >= 0.3 is 0 Å². The molecule has 0 heterocycles. The van der Waals surface area contributed by atoms with Crippen molar-refractivity contribution in [3.63, 3.8) is 0 Å². The minimum absolute atomic E-state index is 0.0463. The quantitative estimate of drug-likeness (QED) is 0.487. The van der Waals surface area contributed by atoms with E-state index >= 15 is 0 Å². The molecule has 0 aliphatic heterocycles. The number of methoxy groups -OCH3 is 1. The largest absolute Gasteiger partial charge is 0.505 e. The van der Waals surface area contributed by atoms with E-state index in [1.807, 2.05) is 20.8 Å². The van der Waals surface area contributed by atoms with Gasteiger partial charge in [0.2, 0.25) is 0 Å². The number of nitrogens with zero attached hydrogens (tertiary/aromatic N) is 1. The molecule has 0 saturated carbocycles. The summed E-state index contributed by atoms with van der Waals surface area (Å²) in [5, 5.41) is 15.0. The number of rotatable bonds is 5. The second-order valence-corrected chi connectivity index (χ2v) is 7.60. The number of aliphatic imine (C=N–C) groups is 1. The van der Waals surface area contributed by atoms with Crippen molar-refractivity contribution in [2.24, 2.45) is 4.99 Å². The van der Waals surface area contributed by atoms with Gasteiger partial charge in [0.1, 0.15) is 17.2 Å². The van der Waals surface area contributed by atoms with Crippen LogP contribution in [0.3, 0.4) is 0 Å². The van der Waals surface area contributed by atoms with Crippen molar-refractivity contribution >= 4 is 34.8 Å². The number of carbonyl (C=O) groups is 1. The molecule has 174 valence electrons. The fraction of sp³-hybridized carbons (Fsp3) is 0.231. The van der Waals surface area contributed by atoms with E-state index in [9.17, 15) is 9.90 Å². The number of aliphatic hydroxyl groups is 1. The van der Waals surface area contributed by atoms with Crippen LogP contribution >= 0.6 is 23.2 Å². The molecule has 0 radical (unpaired) electrons. The highest BCUT2D eigenvalue weighted by atomic mass is 35.5. The zero-order valence-corrected chi connectivity index (χ0v) is 20.8. The first-order valence-electron chi connectivity index (χ1n) is 10.5. The van der Waals surface area contributed by atoms with Crippen LogP contribution in [0.25, 0.3) is 0 Å². The van der Waals surface area contributed by atoms with Crippen LogP contribution in [0.1, 0.15) is 42.7 Å². The van der Waals surface area contributed by atoms with Crippen LogP contribution in [0.4, 0.5) is 0 Å². The summed E-state index contributed by atoms with van der Waals surface area (Å²) >= 11 is 12.5. The van der Waals surface area contributed by atoms with Gasteiger partial charge in [-0.1, -0.05) is 55.3 Å². The van der Waals surface area contributed by atoms with Crippen LogP contribution in [0.5, 0.6) is 5.75 Å². The number of halogens is 2. The fourth-order valence-corrected chi connectivity index (χ4v) is 3.78. The Bertz CT molecular complexity index is 1100. The van der Waals surface area contributed by atoms with Crippen LogP contribution in [0.2, 0.25) is 5.02 Å². The van der Waals surface area contributed by atoms with Crippen LogP contribution in [-0.2, 0) is 0 Å². The Kier molecular flexibility index (Phi) is 9.76. The molecule has 1 unspecified atom stereocenters. The van der Waals surface area contributed by atoms with Crippen molar-refractivity contribution in [2.75, 3.05) is 14.2 Å². The van der Waals surface area contributed by atoms with E-state index < -0.39 is 6.04 Å². The average molecular weight is 487 g/mol. The lowest BCUT2D eigenvalue weighted by Gasteiger charge is -2.26. The van der Waals surface area contributed by atoms with Crippen LogP contribution in [0, 0.1) is 0 Å². The summed E-state index contributed by atoms with van der Waals surface area (Å²) in [5.41, 5.74) is 2.60. The number of carbonyl (C=O) groups excluding carboxylic acids is 1. The molecule has 2 N–H and O–H groups in total. The number of hydrogen-bond donors (Lipinski definition) is 2. The van der Waals surface area contributed by atoms with Crippen LogP contribution in [-0.4, -0.2) is 30.9 Å². The van der Waals surface area contributed by atoms with Crippen molar-refractivity contribution in [3.05, 3.63) is 98.8 Å². The van der Waals surface area contributed by atoms with Crippen LogP contribution < -0.4 is 10.1 Å². The van der Waals surface area contributed by atoms with E-state index in [4.69, 9.17) is 27.9 Å². The maximum Gasteiger partial charge on any atom is 0.252 e. The molecule has 2 aromatic carbocycles. The third-order valence-corrected chi connectivity index (χ3v) is 5.51. The molecule has 33 heavy (non-hydrogen) atoms. The number of aliphatic hydroxyl groups excluding tert-OH is 1. The Morgan fingerprint density at radius 3 is 2.21 bits per heavy atom. The Morgan fingerprint density at radius 2 is 1.70 bits per heavy atom. The van der Waals surface area contributed by atoms with Gasteiger partial charge in [0, 0.05) is 28.8 Å². The monoisotopic (exact) mass is 486 g/mol. The highest BCUT2D eigenvalue weighted by molar-refractivity contribution is 6.38. The van der Waals surface area contributed by atoms with E-state index in [0.29, 0.717) is 38.2 Å². The van der Waals surface area contributed by atoms with E-state index in [1.54, 1.807) is 74.8 Å². The molecule has 1 aliphatic carbocycles. The summed E-state index contributed by atoms with van der Waals surface area (Å²) in [6.07, 6.45) is 3.43. The molecule has 0 aromatic heterocycles. The van der Waals surface area contributed by atoms with Gasteiger partial charge in [-0.15, -0.1) is 0 Å². The summed E-state index contributed by atoms with van der Waals surface area (Å²) in [6.45, 7) is 5.82. The number of amides is 1. The molecule has 0 bridgehead atoms. The molecule has 0 fully saturated rings. The maximum absolute atomic E-state index is 13.0. The first-order valence-corrected chi connectivity index (χ1v) is 11.3. The van der Waals surface area contributed by atoms with E-state index in [0.717, 1.165) is 5.56 Å². The van der Waals surface area contributed by atoms with Gasteiger partial charge in [-0.3, -0.25) is 9.79 Å². The second-order valence-electron chi connectivity index (χ2n) is 6.76. The van der Waals surface area contributed by atoms with Crippen molar-refractivity contribution in [1.82, 2.24) is 5.32 Å². The fourth-order valence-electron chi connectivity index (χ4n) is 3.33. The molecular weight excluding hydrogens is 459 g/mol. The molecular formula is C26H28Cl2N2O3. The first kappa shape index (κ1) is 26.2. The highest BCUT2D eigenvalue weighted by Crippen LogP contribution is 2.35. The van der Waals surface area contributed by atoms with Crippen molar-refractivity contribution < 1.29 is 14.6 Å². The molecule has 0 saturated heterocycles. The molecule has 2 aromatic rings. The van der Waals surface area contributed by atoms with E-state index in [2.05, 4.69) is 10.3 Å². The molecule has 5 nitrogen and oxygen atoms in total. The Balaban J connectivity index is 0.00000187. The van der Waals surface area contributed by atoms with E-state index in [-0.39, 0.29) is 11.7 Å². The first-order chi connectivity index (χ1) is 15.9. The molecule has 3 rings (SSSR count). The predicted molar refractivity (Wildman–Crippen MR) is 137 cm³/mol. The Hall–Kier alpha value is -3.02. The van der Waals surface area contributed by atoms with Gasteiger partial charge < -0.3 is 15.2 Å². The lowest BCUT2D eigenvalue weighted by atomic mass is 9.89. The third kappa shape index (κ3) is 6.06. The number of hydrogen-bond acceptors (Lipinski definition) is 4. The number of ether oxygens (including phenoxy) is 1. The Labute approximate surface area is 205 Å². The smallest absolute Gasteiger partial charge is 0.252 e. The molecule has 1 aliphatic rings. The van der Waals surface area contributed by atoms with Gasteiger partial charge in [-0.25, -0.2) is 0 Å². The number of allylic oxidation sites excluding steroid dienone is 3. The lowest BCUT2D eigenvalue weighted by Crippen LogP contribution is -2.31. The zero-order chi connectivity index (χ0) is 24.5. The molecule has 1 atom stereocenters. The normalized spacial score (nSPS) is 16.6. The van der Waals surface area contributed by atoms with E-state index in [1.165, 1.54) is 0 Å². The van der Waals surface area contributed by atoms with Gasteiger partial charge in [-0.05, 0) is 55.0 Å². The van der Waals surface area contributed by atoms with Gasteiger partial charge in [0.25, 0.3) is 5.91 Å². The highest BCUT2D eigenvalue weighted by Gasteiger charge is 2.29. The zero-order valence-electron chi connectivity index (χ0n) is 19.3. The summed E-state index contributed by atoms with van der Waals surface area (Å²) in [4.78, 5) is 17.2. The number of nitrogens with one attached hydrogen (secondary N) is 1. The summed E-state index contributed by atoms with van der Waals surface area (Å²) < 4.78 is 5.15. The maximum atomic E-state index is 13.0. The summed E-state index contributed by atoms with van der Waals surface area (Å²) in [5.74, 6) is 0.282. The van der Waals surface area contributed by atoms with Gasteiger partial charge in [0.15, 0.2) is 0 Å². The standard InChI is InChI=1S/C24H22Cl2N2O3.C2H6/c1-4-18-20(26)13-19(23(29)22(18)27-2)21(14-5-9-16(25)10-6-14)28-24(30)15-7-11-17(31-3)12-8-15;1-2/h4-13,21,29H,1-3H3,(H,28,30);1-2H3/b18-4-,27-22?;. The topological polar surface area (TPSA) is 70.9 Å². The number of benzene rings is 2. The summed E-state index contributed by atoms with van der Waals surface area (Å²) in [6, 6.07) is 13.1. The average Bonchev–Trinajstić information content (AvgIpc) is 2.85. The molecule has 7 heteroatoms. The van der Waals surface area contributed by atoms with Gasteiger partial charge in [0.05, 0.1) is 18.2 Å². The van der Waals surface area contributed by atoms with Crippen molar-refractivity contribution in [1.29, 1.82) is 0 Å². The predicted octanol–water partition coefficient (Wildman–Crippen LogP) is 6.81. The third-order valence-electron chi connectivity index (χ3n) is 4.95. The second kappa shape index (κ2) is 12.3. The van der Waals surface area contributed by atoms with Gasteiger partial charge in [-0.2, -0.15) is 0 Å². The SMILES string of the molecule is C/C=C1/C(Cl)=CC(C(NC(=O)c2ccc(OC)cc2)c2ccc(Cl)cc2)=C(O)C1=NC.CC. The minimum atomic E-state index is -0.684.